The molecule has 0 unspecified atom stereocenters. The Labute approximate surface area is 153 Å². The molecule has 2 aromatic rings. The fourth-order valence-electron chi connectivity index (χ4n) is 2.88. The Morgan fingerprint density at radius 2 is 2.00 bits per heavy atom. The van der Waals surface area contributed by atoms with Crippen molar-refractivity contribution in [3.63, 3.8) is 0 Å². The van der Waals surface area contributed by atoms with Crippen LogP contribution >= 0.6 is 11.8 Å². The number of rotatable bonds is 5. The second-order valence-electron chi connectivity index (χ2n) is 5.88. The lowest BCUT2D eigenvalue weighted by Gasteiger charge is -2.26. The monoisotopic (exact) mass is 377 g/mol. The van der Waals surface area contributed by atoms with Gasteiger partial charge in [0, 0.05) is 23.4 Å². The van der Waals surface area contributed by atoms with Crippen molar-refractivity contribution < 1.29 is 19.4 Å². The molecular formula is C17H19N3O5S. The lowest BCUT2D eigenvalue weighted by molar-refractivity contribution is -0.136. The summed E-state index contributed by atoms with van der Waals surface area (Å²) in [4.78, 5) is 38.9. The number of carboxylic acids is 1. The number of carbonyl (C=O) groups excluding carboxylic acids is 1. The van der Waals surface area contributed by atoms with Crippen LogP contribution in [0.2, 0.25) is 0 Å². The summed E-state index contributed by atoms with van der Waals surface area (Å²) < 4.78 is 6.29. The van der Waals surface area contributed by atoms with Crippen LogP contribution in [0.15, 0.2) is 27.9 Å². The van der Waals surface area contributed by atoms with E-state index in [-0.39, 0.29) is 24.6 Å². The molecule has 1 aliphatic rings. The van der Waals surface area contributed by atoms with Crippen LogP contribution < -0.4 is 5.56 Å². The topological polar surface area (TPSA) is 102 Å². The van der Waals surface area contributed by atoms with Gasteiger partial charge in [-0.05, 0) is 24.5 Å². The first kappa shape index (κ1) is 18.4. The molecule has 1 aliphatic heterocycles. The fraction of sp³-hybridized carbons (Fsp3) is 0.412. The number of ether oxygens (including phenoxy) is 1. The van der Waals surface area contributed by atoms with Crippen LogP contribution in [0, 0.1) is 0 Å². The van der Waals surface area contributed by atoms with E-state index < -0.39 is 11.5 Å². The van der Waals surface area contributed by atoms with E-state index >= 15 is 0 Å². The van der Waals surface area contributed by atoms with Crippen molar-refractivity contribution in [1.29, 1.82) is 0 Å². The molecular weight excluding hydrogens is 358 g/mol. The van der Waals surface area contributed by atoms with Crippen LogP contribution in [0.5, 0.6) is 0 Å². The Morgan fingerprint density at radius 1 is 1.27 bits per heavy atom. The summed E-state index contributed by atoms with van der Waals surface area (Å²) in [6, 6.07) is 5.22. The van der Waals surface area contributed by atoms with Gasteiger partial charge in [-0.2, -0.15) is 5.10 Å². The molecule has 0 aliphatic carbocycles. The quantitative estimate of drug-likeness (QED) is 0.762. The van der Waals surface area contributed by atoms with Crippen molar-refractivity contribution in [2.75, 3.05) is 32.6 Å². The summed E-state index contributed by atoms with van der Waals surface area (Å²) in [5.41, 5.74) is -0.124. The molecule has 9 heteroatoms. The lowest BCUT2D eigenvalue weighted by Crippen LogP contribution is -2.44. The molecule has 0 bridgehead atoms. The SMILES string of the molecule is CSc1ccc2c(=O)n(CC(=O)N3CCOCC3)nc(CC(=O)O)c2c1. The number of amides is 1. The van der Waals surface area contributed by atoms with Gasteiger partial charge in [-0.25, -0.2) is 4.68 Å². The molecule has 0 atom stereocenters. The maximum atomic E-state index is 12.7. The van der Waals surface area contributed by atoms with E-state index in [0.29, 0.717) is 37.1 Å². The third-order valence-electron chi connectivity index (χ3n) is 4.21. The smallest absolute Gasteiger partial charge is 0.309 e. The number of aliphatic carboxylic acids is 1. The summed E-state index contributed by atoms with van der Waals surface area (Å²) >= 11 is 1.49. The zero-order chi connectivity index (χ0) is 18.7. The second kappa shape index (κ2) is 7.88. The van der Waals surface area contributed by atoms with Crippen LogP contribution in [0.3, 0.4) is 0 Å². The van der Waals surface area contributed by atoms with Gasteiger partial charge < -0.3 is 14.7 Å². The fourth-order valence-corrected chi connectivity index (χ4v) is 3.32. The molecule has 0 radical (unpaired) electrons. The van der Waals surface area contributed by atoms with E-state index in [2.05, 4.69) is 5.10 Å². The highest BCUT2D eigenvalue weighted by atomic mass is 32.2. The summed E-state index contributed by atoms with van der Waals surface area (Å²) in [5, 5.41) is 14.2. The zero-order valence-corrected chi connectivity index (χ0v) is 15.1. The van der Waals surface area contributed by atoms with Crippen LogP contribution in [0.4, 0.5) is 0 Å². The van der Waals surface area contributed by atoms with Gasteiger partial charge in [0.2, 0.25) is 5.91 Å². The summed E-state index contributed by atoms with van der Waals surface area (Å²) in [5.74, 6) is -1.28. The average molecular weight is 377 g/mol. The van der Waals surface area contributed by atoms with Gasteiger partial charge in [0.05, 0.1) is 30.7 Å². The van der Waals surface area contributed by atoms with Crippen LogP contribution in [0.25, 0.3) is 10.8 Å². The number of fused-ring (bicyclic) bond motifs is 1. The predicted octanol–water partition coefficient (Wildman–Crippen LogP) is 0.604. The van der Waals surface area contributed by atoms with Gasteiger partial charge >= 0.3 is 5.97 Å². The number of benzene rings is 1. The molecule has 1 N–H and O–H groups in total. The highest BCUT2D eigenvalue weighted by Crippen LogP contribution is 2.22. The maximum Gasteiger partial charge on any atom is 0.309 e. The molecule has 3 rings (SSSR count). The van der Waals surface area contributed by atoms with Gasteiger partial charge in [-0.15, -0.1) is 11.8 Å². The van der Waals surface area contributed by atoms with Gasteiger partial charge in [0.1, 0.15) is 6.54 Å². The minimum atomic E-state index is -1.04. The zero-order valence-electron chi connectivity index (χ0n) is 14.3. The van der Waals surface area contributed by atoms with E-state index in [1.54, 1.807) is 23.1 Å². The predicted molar refractivity (Wildman–Crippen MR) is 96.5 cm³/mol. The first-order valence-corrected chi connectivity index (χ1v) is 9.37. The number of hydrogen-bond donors (Lipinski definition) is 1. The summed E-state index contributed by atoms with van der Waals surface area (Å²) in [6.45, 7) is 1.66. The van der Waals surface area contributed by atoms with E-state index in [1.165, 1.54) is 11.8 Å². The number of aromatic nitrogens is 2. The Balaban J connectivity index is 2.02. The molecule has 1 amide bonds. The molecule has 0 spiro atoms. The van der Waals surface area contributed by atoms with Crippen molar-refractivity contribution in [2.24, 2.45) is 0 Å². The van der Waals surface area contributed by atoms with Gasteiger partial charge in [-0.1, -0.05) is 0 Å². The standard InChI is InChI=1S/C17H19N3O5S/c1-26-11-2-3-12-13(8-11)14(9-16(22)23)18-20(17(12)24)10-15(21)19-4-6-25-7-5-19/h2-3,8H,4-7,9-10H2,1H3,(H,22,23). The first-order chi connectivity index (χ1) is 12.5. The Bertz CT molecular complexity index is 905. The average Bonchev–Trinajstić information content (AvgIpc) is 2.65. The number of carboxylic acid groups (broad SMARTS) is 1. The van der Waals surface area contributed by atoms with E-state index in [1.807, 2.05) is 6.26 Å². The minimum Gasteiger partial charge on any atom is -0.481 e. The number of hydrogen-bond acceptors (Lipinski definition) is 6. The largest absolute Gasteiger partial charge is 0.481 e. The summed E-state index contributed by atoms with van der Waals surface area (Å²) in [6.07, 6.45) is 1.58. The van der Waals surface area contributed by atoms with E-state index in [4.69, 9.17) is 4.74 Å². The molecule has 0 saturated carbocycles. The van der Waals surface area contributed by atoms with Crippen LogP contribution in [-0.4, -0.2) is 64.2 Å². The van der Waals surface area contributed by atoms with Crippen molar-refractivity contribution in [1.82, 2.24) is 14.7 Å². The van der Waals surface area contributed by atoms with Crippen LogP contribution in [-0.2, 0) is 27.3 Å². The van der Waals surface area contributed by atoms with Crippen molar-refractivity contribution in [3.8, 4) is 0 Å². The molecule has 1 aromatic carbocycles. The number of morpholine rings is 1. The van der Waals surface area contributed by atoms with Gasteiger partial charge in [0.25, 0.3) is 5.56 Å². The first-order valence-electron chi connectivity index (χ1n) is 8.14. The Morgan fingerprint density at radius 3 is 2.65 bits per heavy atom. The Hall–Kier alpha value is -2.39. The molecule has 2 heterocycles. The molecule has 1 aromatic heterocycles. The molecule has 8 nitrogen and oxygen atoms in total. The van der Waals surface area contributed by atoms with Gasteiger partial charge in [0.15, 0.2) is 0 Å². The van der Waals surface area contributed by atoms with E-state index in [0.717, 1.165) is 9.58 Å². The lowest BCUT2D eigenvalue weighted by atomic mass is 10.1. The molecule has 138 valence electrons. The third-order valence-corrected chi connectivity index (χ3v) is 4.94. The van der Waals surface area contributed by atoms with Crippen molar-refractivity contribution in [2.45, 2.75) is 17.9 Å². The third kappa shape index (κ3) is 3.88. The number of thioether (sulfide) groups is 1. The summed E-state index contributed by atoms with van der Waals surface area (Å²) in [7, 11) is 0. The molecule has 1 saturated heterocycles. The van der Waals surface area contributed by atoms with Crippen molar-refractivity contribution >= 4 is 34.4 Å². The molecule has 1 fully saturated rings. The highest BCUT2D eigenvalue weighted by Gasteiger charge is 2.20. The second-order valence-corrected chi connectivity index (χ2v) is 6.76. The van der Waals surface area contributed by atoms with Gasteiger partial charge in [-0.3, -0.25) is 14.4 Å². The maximum absolute atomic E-state index is 12.7. The minimum absolute atomic E-state index is 0.217. The number of carbonyl (C=O) groups is 2. The number of nitrogens with zero attached hydrogens (tertiary/aromatic N) is 3. The van der Waals surface area contributed by atoms with Crippen molar-refractivity contribution in [3.05, 3.63) is 34.2 Å². The Kier molecular flexibility index (Phi) is 5.58. The normalized spacial score (nSPS) is 14.6. The van der Waals surface area contributed by atoms with Crippen LogP contribution in [0.1, 0.15) is 5.69 Å². The highest BCUT2D eigenvalue weighted by molar-refractivity contribution is 7.98. The molecule has 26 heavy (non-hydrogen) atoms. The van der Waals surface area contributed by atoms with E-state index in [9.17, 15) is 19.5 Å².